The number of nitrogens with zero attached hydrogens (tertiary/aromatic N) is 2. The zero-order valence-corrected chi connectivity index (χ0v) is 12.1. The molecule has 1 aliphatic carbocycles. The van der Waals surface area contributed by atoms with Gasteiger partial charge in [0.25, 0.3) is 0 Å². The number of hydrogen-bond donors (Lipinski definition) is 0. The van der Waals surface area contributed by atoms with Crippen LogP contribution in [-0.4, -0.2) is 15.6 Å². The Hall–Kier alpha value is -1.90. The lowest BCUT2D eigenvalue weighted by Crippen LogP contribution is -2.14. The molecule has 0 N–H and O–H groups in total. The summed E-state index contributed by atoms with van der Waals surface area (Å²) in [4.78, 5) is 12.5. The van der Waals surface area contributed by atoms with E-state index in [-0.39, 0.29) is 5.78 Å². The number of Topliss-reactive ketones (excluding diaryl/α,β-unsaturated/α-hetero) is 1. The number of aromatic nitrogens is 2. The molecule has 104 valence electrons. The predicted molar refractivity (Wildman–Crippen MR) is 79.0 cm³/mol. The van der Waals surface area contributed by atoms with Gasteiger partial charge in [-0.25, -0.2) is 0 Å². The van der Waals surface area contributed by atoms with Gasteiger partial charge in [0, 0.05) is 19.2 Å². The van der Waals surface area contributed by atoms with E-state index in [2.05, 4.69) is 29.4 Å². The van der Waals surface area contributed by atoms with Crippen LogP contribution in [0, 0.1) is 6.92 Å². The second kappa shape index (κ2) is 5.23. The maximum absolute atomic E-state index is 12.5. The molecule has 3 rings (SSSR count). The highest BCUT2D eigenvalue weighted by molar-refractivity contribution is 5.97. The van der Waals surface area contributed by atoms with E-state index in [1.165, 1.54) is 17.5 Å². The first-order valence-corrected chi connectivity index (χ1v) is 7.26. The van der Waals surface area contributed by atoms with Crippen LogP contribution in [0.5, 0.6) is 0 Å². The van der Waals surface area contributed by atoms with Crippen LogP contribution in [0.2, 0.25) is 0 Å². The van der Waals surface area contributed by atoms with Crippen molar-refractivity contribution in [2.75, 3.05) is 0 Å². The van der Waals surface area contributed by atoms with Crippen molar-refractivity contribution in [3.05, 3.63) is 52.8 Å². The van der Waals surface area contributed by atoms with E-state index in [1.54, 1.807) is 10.9 Å². The molecule has 1 atom stereocenters. The Balaban J connectivity index is 1.82. The fourth-order valence-electron chi connectivity index (χ4n) is 3.17. The molecule has 0 aliphatic heterocycles. The van der Waals surface area contributed by atoms with Crippen molar-refractivity contribution in [3.8, 4) is 0 Å². The Morgan fingerprint density at radius 1 is 1.40 bits per heavy atom. The van der Waals surface area contributed by atoms with Crippen molar-refractivity contribution in [2.24, 2.45) is 7.05 Å². The number of benzene rings is 1. The van der Waals surface area contributed by atoms with E-state index < -0.39 is 0 Å². The van der Waals surface area contributed by atoms with E-state index in [0.717, 1.165) is 24.1 Å². The summed E-state index contributed by atoms with van der Waals surface area (Å²) in [6.45, 7) is 1.95. The molecule has 0 amide bonds. The van der Waals surface area contributed by atoms with Crippen LogP contribution < -0.4 is 0 Å². The average molecular weight is 268 g/mol. The highest BCUT2D eigenvalue weighted by Gasteiger charge is 2.24. The first-order valence-electron chi connectivity index (χ1n) is 7.26. The van der Waals surface area contributed by atoms with Crippen LogP contribution >= 0.6 is 0 Å². The van der Waals surface area contributed by atoms with Gasteiger partial charge in [0.05, 0.1) is 11.8 Å². The highest BCUT2D eigenvalue weighted by atomic mass is 16.1. The number of rotatable bonds is 3. The average Bonchev–Trinajstić information content (AvgIpc) is 2.79. The highest BCUT2D eigenvalue weighted by Crippen LogP contribution is 2.34. The Bertz CT molecular complexity index is 642. The van der Waals surface area contributed by atoms with E-state index in [4.69, 9.17) is 0 Å². The van der Waals surface area contributed by atoms with Crippen molar-refractivity contribution >= 4 is 5.78 Å². The Kier molecular flexibility index (Phi) is 3.43. The Labute approximate surface area is 119 Å². The summed E-state index contributed by atoms with van der Waals surface area (Å²) in [5.41, 5.74) is 4.52. The van der Waals surface area contributed by atoms with Crippen LogP contribution in [0.3, 0.4) is 0 Å². The number of fused-ring (bicyclic) bond motifs is 1. The normalized spacial score (nSPS) is 17.8. The minimum absolute atomic E-state index is 0.220. The molecule has 1 aromatic heterocycles. The molecule has 20 heavy (non-hydrogen) atoms. The molecule has 3 heteroatoms. The molecule has 1 heterocycles. The lowest BCUT2D eigenvalue weighted by molar-refractivity contribution is 0.0970. The fraction of sp³-hybridized carbons (Fsp3) is 0.412. The zero-order chi connectivity index (χ0) is 14.1. The topological polar surface area (TPSA) is 34.9 Å². The summed E-state index contributed by atoms with van der Waals surface area (Å²) in [7, 11) is 1.88. The minimum Gasteiger partial charge on any atom is -0.294 e. The van der Waals surface area contributed by atoms with Gasteiger partial charge in [0.15, 0.2) is 5.78 Å². The summed E-state index contributed by atoms with van der Waals surface area (Å²) < 4.78 is 1.77. The Morgan fingerprint density at radius 2 is 2.20 bits per heavy atom. The van der Waals surface area contributed by atoms with Crippen molar-refractivity contribution in [1.82, 2.24) is 9.78 Å². The minimum atomic E-state index is 0.220. The fourth-order valence-corrected chi connectivity index (χ4v) is 3.17. The van der Waals surface area contributed by atoms with Gasteiger partial charge >= 0.3 is 0 Å². The number of hydrogen-bond acceptors (Lipinski definition) is 2. The molecule has 0 saturated heterocycles. The van der Waals surface area contributed by atoms with Crippen LogP contribution in [0.15, 0.2) is 30.5 Å². The zero-order valence-electron chi connectivity index (χ0n) is 12.1. The number of carbonyl (C=O) groups is 1. The maximum atomic E-state index is 12.5. The molecule has 3 nitrogen and oxygen atoms in total. The smallest absolute Gasteiger partial charge is 0.166 e. The first kappa shape index (κ1) is 13.1. The molecule has 0 radical (unpaired) electrons. The van der Waals surface area contributed by atoms with Gasteiger partial charge < -0.3 is 0 Å². The molecule has 1 aromatic carbocycles. The molecule has 0 spiro atoms. The van der Waals surface area contributed by atoms with Crippen molar-refractivity contribution in [3.63, 3.8) is 0 Å². The molecule has 2 aromatic rings. The van der Waals surface area contributed by atoms with E-state index >= 15 is 0 Å². The van der Waals surface area contributed by atoms with E-state index in [9.17, 15) is 4.79 Å². The molecule has 0 bridgehead atoms. The Morgan fingerprint density at radius 3 is 2.95 bits per heavy atom. The number of ketones is 1. The standard InChI is InChI=1S/C17H20N2O/c1-12-16(11-18-19(12)2)17(20)10-14-8-5-7-13-6-3-4-9-15(13)14/h3-4,6,9,11,14H,5,7-8,10H2,1-2H3. The van der Waals surface area contributed by atoms with E-state index in [1.807, 2.05) is 14.0 Å². The molecular weight excluding hydrogens is 248 g/mol. The second-order valence-electron chi connectivity index (χ2n) is 5.68. The van der Waals surface area contributed by atoms with Crippen molar-refractivity contribution in [2.45, 2.75) is 38.5 Å². The summed E-state index contributed by atoms with van der Waals surface area (Å²) in [6, 6.07) is 8.55. The summed E-state index contributed by atoms with van der Waals surface area (Å²) in [5.74, 6) is 0.587. The second-order valence-corrected chi connectivity index (χ2v) is 5.68. The first-order chi connectivity index (χ1) is 9.66. The SMILES string of the molecule is Cc1c(C(=O)CC2CCCc3ccccc32)cnn1C. The summed E-state index contributed by atoms with van der Waals surface area (Å²) >= 11 is 0. The molecule has 1 unspecified atom stereocenters. The largest absolute Gasteiger partial charge is 0.294 e. The number of aryl methyl sites for hydroxylation is 2. The predicted octanol–water partition coefficient (Wildman–Crippen LogP) is 3.42. The van der Waals surface area contributed by atoms with Crippen molar-refractivity contribution in [1.29, 1.82) is 0 Å². The summed E-state index contributed by atoms with van der Waals surface area (Å²) in [6.07, 6.45) is 5.74. The molecule has 0 fully saturated rings. The van der Waals surface area contributed by atoms with Gasteiger partial charge in [-0.3, -0.25) is 9.48 Å². The van der Waals surface area contributed by atoms with Crippen LogP contribution in [-0.2, 0) is 13.5 Å². The summed E-state index contributed by atoms with van der Waals surface area (Å²) in [5, 5.41) is 4.17. The van der Waals surface area contributed by atoms with Crippen LogP contribution in [0.4, 0.5) is 0 Å². The van der Waals surface area contributed by atoms with Gasteiger partial charge in [-0.15, -0.1) is 0 Å². The van der Waals surface area contributed by atoms with Crippen molar-refractivity contribution < 1.29 is 4.79 Å². The molecular formula is C17H20N2O. The quantitative estimate of drug-likeness (QED) is 0.799. The monoisotopic (exact) mass is 268 g/mol. The van der Waals surface area contributed by atoms with Gasteiger partial charge in [0.1, 0.15) is 0 Å². The van der Waals surface area contributed by atoms with E-state index in [0.29, 0.717) is 12.3 Å². The molecule has 1 aliphatic rings. The van der Waals surface area contributed by atoms with Gasteiger partial charge in [-0.2, -0.15) is 5.10 Å². The molecule has 0 saturated carbocycles. The lowest BCUT2D eigenvalue weighted by atomic mass is 9.79. The third kappa shape index (κ3) is 2.28. The third-order valence-electron chi connectivity index (χ3n) is 4.46. The lowest BCUT2D eigenvalue weighted by Gasteiger charge is -2.24. The van der Waals surface area contributed by atoms with Crippen LogP contribution in [0.25, 0.3) is 0 Å². The van der Waals surface area contributed by atoms with Gasteiger partial charge in [-0.1, -0.05) is 24.3 Å². The van der Waals surface area contributed by atoms with Gasteiger partial charge in [0.2, 0.25) is 0 Å². The maximum Gasteiger partial charge on any atom is 0.166 e. The number of carbonyl (C=O) groups excluding carboxylic acids is 1. The van der Waals surface area contributed by atoms with Crippen LogP contribution in [0.1, 0.15) is 52.4 Å². The van der Waals surface area contributed by atoms with Gasteiger partial charge in [-0.05, 0) is 43.2 Å². The third-order valence-corrected chi connectivity index (χ3v) is 4.46.